The lowest BCUT2D eigenvalue weighted by atomic mass is 9.90. The van der Waals surface area contributed by atoms with Gasteiger partial charge in [0.25, 0.3) is 0 Å². The molecule has 1 aromatic carbocycles. The van der Waals surface area contributed by atoms with Crippen molar-refractivity contribution in [1.82, 2.24) is 0 Å². The van der Waals surface area contributed by atoms with Crippen LogP contribution >= 0.6 is 0 Å². The van der Waals surface area contributed by atoms with Crippen LogP contribution in [0.1, 0.15) is 63.5 Å². The first-order valence-corrected chi connectivity index (χ1v) is 6.32. The van der Waals surface area contributed by atoms with E-state index in [4.69, 9.17) is 4.74 Å². The summed E-state index contributed by atoms with van der Waals surface area (Å²) in [6, 6.07) is 6.54. The highest BCUT2D eigenvalue weighted by atomic mass is 16.5. The smallest absolute Gasteiger partial charge is 0.125 e. The van der Waals surface area contributed by atoms with Crippen molar-refractivity contribution in [2.24, 2.45) is 0 Å². The third-order valence-corrected chi connectivity index (χ3v) is 3.57. The molecule has 1 nitrogen and oxygen atoms in total. The minimum atomic E-state index is 0.568. The molecule has 1 heteroatoms. The van der Waals surface area contributed by atoms with E-state index in [2.05, 4.69) is 45.9 Å². The Morgan fingerprint density at radius 1 is 1.00 bits per heavy atom. The molecule has 0 saturated carbocycles. The summed E-state index contributed by atoms with van der Waals surface area (Å²) in [7, 11) is 1.78. The fraction of sp³-hybridized carbons (Fsp3) is 0.600. The predicted molar refractivity (Wildman–Crippen MR) is 70.4 cm³/mol. The van der Waals surface area contributed by atoms with Gasteiger partial charge >= 0.3 is 0 Å². The maximum absolute atomic E-state index is 5.62. The molecule has 1 rings (SSSR count). The minimum Gasteiger partial charge on any atom is -0.496 e. The molecule has 0 heterocycles. The van der Waals surface area contributed by atoms with Crippen LogP contribution in [0.3, 0.4) is 0 Å². The van der Waals surface area contributed by atoms with Crippen LogP contribution in [0.5, 0.6) is 5.75 Å². The summed E-state index contributed by atoms with van der Waals surface area (Å²) in [6.45, 7) is 8.97. The van der Waals surface area contributed by atoms with Gasteiger partial charge in [-0.25, -0.2) is 0 Å². The van der Waals surface area contributed by atoms with Crippen LogP contribution in [0.15, 0.2) is 18.2 Å². The third-order valence-electron chi connectivity index (χ3n) is 3.57. The summed E-state index contributed by atoms with van der Waals surface area (Å²) in [6.07, 6.45) is 2.31. The quantitative estimate of drug-likeness (QED) is 0.697. The first-order chi connectivity index (χ1) is 7.65. The molecule has 0 bridgehead atoms. The van der Waals surface area contributed by atoms with Crippen molar-refractivity contribution >= 4 is 0 Å². The van der Waals surface area contributed by atoms with Gasteiger partial charge < -0.3 is 4.74 Å². The summed E-state index contributed by atoms with van der Waals surface area (Å²) in [4.78, 5) is 0. The molecule has 0 spiro atoms. The Labute approximate surface area is 99.8 Å². The Hall–Kier alpha value is -0.980. The maximum Gasteiger partial charge on any atom is 0.125 e. The zero-order valence-electron chi connectivity index (χ0n) is 11.2. The van der Waals surface area contributed by atoms with Gasteiger partial charge in [-0.15, -0.1) is 0 Å². The number of hydrogen-bond acceptors (Lipinski definition) is 1. The van der Waals surface area contributed by atoms with Crippen LogP contribution in [-0.2, 0) is 0 Å². The second-order valence-electron chi connectivity index (χ2n) is 4.59. The van der Waals surface area contributed by atoms with Gasteiger partial charge in [0.05, 0.1) is 7.11 Å². The number of benzene rings is 1. The molecule has 0 aromatic heterocycles. The lowest BCUT2D eigenvalue weighted by molar-refractivity contribution is 0.397. The molecule has 2 atom stereocenters. The van der Waals surface area contributed by atoms with Gasteiger partial charge in [-0.3, -0.25) is 0 Å². The third kappa shape index (κ3) is 2.58. The summed E-state index contributed by atoms with van der Waals surface area (Å²) in [5.74, 6) is 2.24. The summed E-state index contributed by atoms with van der Waals surface area (Å²) in [5, 5.41) is 0. The summed E-state index contributed by atoms with van der Waals surface area (Å²) < 4.78 is 5.62. The van der Waals surface area contributed by atoms with Crippen LogP contribution in [0.2, 0.25) is 0 Å². The van der Waals surface area contributed by atoms with Crippen LogP contribution in [0, 0.1) is 0 Å². The molecule has 0 aliphatic rings. The van der Waals surface area contributed by atoms with Gasteiger partial charge in [0, 0.05) is 0 Å². The van der Waals surface area contributed by atoms with Crippen molar-refractivity contribution in [1.29, 1.82) is 0 Å². The molecule has 0 aliphatic heterocycles. The molecule has 0 N–H and O–H groups in total. The number of para-hydroxylation sites is 1. The highest BCUT2D eigenvalue weighted by Gasteiger charge is 2.16. The van der Waals surface area contributed by atoms with Gasteiger partial charge in [-0.1, -0.05) is 45.9 Å². The zero-order chi connectivity index (χ0) is 12.1. The standard InChI is InChI=1S/C15H24O/c1-6-11(3)13-9-8-10-14(12(4)7-2)15(13)16-5/h8-12H,6-7H2,1-5H3. The van der Waals surface area contributed by atoms with E-state index in [1.54, 1.807) is 7.11 Å². The molecule has 0 aliphatic carbocycles. The number of hydrogen-bond donors (Lipinski definition) is 0. The van der Waals surface area contributed by atoms with E-state index in [1.807, 2.05) is 0 Å². The summed E-state index contributed by atoms with van der Waals surface area (Å²) in [5.41, 5.74) is 2.70. The highest BCUT2D eigenvalue weighted by molar-refractivity contribution is 5.45. The topological polar surface area (TPSA) is 9.23 Å². The van der Waals surface area contributed by atoms with Crippen LogP contribution in [0.4, 0.5) is 0 Å². The average Bonchev–Trinajstić information content (AvgIpc) is 2.35. The van der Waals surface area contributed by atoms with Crippen molar-refractivity contribution < 1.29 is 4.74 Å². The van der Waals surface area contributed by atoms with E-state index >= 15 is 0 Å². The molecule has 16 heavy (non-hydrogen) atoms. The Kier molecular flexibility index (Phi) is 4.85. The van der Waals surface area contributed by atoms with E-state index in [9.17, 15) is 0 Å². The lowest BCUT2D eigenvalue weighted by Crippen LogP contribution is -2.02. The van der Waals surface area contributed by atoms with Gasteiger partial charge in [0.15, 0.2) is 0 Å². The van der Waals surface area contributed by atoms with Crippen LogP contribution < -0.4 is 4.74 Å². The fourth-order valence-corrected chi connectivity index (χ4v) is 2.03. The molecule has 0 amide bonds. The Morgan fingerprint density at radius 3 is 1.75 bits per heavy atom. The first kappa shape index (κ1) is 13.1. The maximum atomic E-state index is 5.62. The Bertz CT molecular complexity index is 302. The van der Waals surface area contributed by atoms with Crippen LogP contribution in [0.25, 0.3) is 0 Å². The lowest BCUT2D eigenvalue weighted by Gasteiger charge is -2.20. The molecule has 0 saturated heterocycles. The van der Waals surface area contributed by atoms with Gasteiger partial charge in [0.2, 0.25) is 0 Å². The van der Waals surface area contributed by atoms with E-state index in [0.29, 0.717) is 11.8 Å². The fourth-order valence-electron chi connectivity index (χ4n) is 2.03. The zero-order valence-corrected chi connectivity index (χ0v) is 11.2. The SMILES string of the molecule is CCC(C)c1cccc(C(C)CC)c1OC. The van der Waals surface area contributed by atoms with Crippen molar-refractivity contribution in [3.63, 3.8) is 0 Å². The molecule has 0 radical (unpaired) electrons. The minimum absolute atomic E-state index is 0.568. The average molecular weight is 220 g/mol. The Balaban J connectivity index is 3.20. The van der Waals surface area contributed by atoms with Crippen LogP contribution in [-0.4, -0.2) is 7.11 Å². The molecule has 1 aromatic rings. The van der Waals surface area contributed by atoms with Crippen molar-refractivity contribution in [2.45, 2.75) is 52.4 Å². The molecular formula is C15H24O. The van der Waals surface area contributed by atoms with Crippen molar-refractivity contribution in [2.75, 3.05) is 7.11 Å². The molecule has 2 unspecified atom stereocenters. The molecule has 90 valence electrons. The van der Waals surface area contributed by atoms with Gasteiger partial charge in [0.1, 0.15) is 5.75 Å². The monoisotopic (exact) mass is 220 g/mol. The first-order valence-electron chi connectivity index (χ1n) is 6.32. The number of rotatable bonds is 5. The number of ether oxygens (including phenoxy) is 1. The van der Waals surface area contributed by atoms with Gasteiger partial charge in [-0.2, -0.15) is 0 Å². The summed E-state index contributed by atoms with van der Waals surface area (Å²) >= 11 is 0. The predicted octanol–water partition coefficient (Wildman–Crippen LogP) is 4.72. The second-order valence-corrected chi connectivity index (χ2v) is 4.59. The molecule has 0 fully saturated rings. The second kappa shape index (κ2) is 5.93. The molecular weight excluding hydrogens is 196 g/mol. The van der Waals surface area contributed by atoms with E-state index < -0.39 is 0 Å². The van der Waals surface area contributed by atoms with E-state index in [-0.39, 0.29) is 0 Å². The van der Waals surface area contributed by atoms with Crippen molar-refractivity contribution in [3.8, 4) is 5.75 Å². The highest BCUT2D eigenvalue weighted by Crippen LogP contribution is 2.36. The van der Waals surface area contributed by atoms with E-state index in [0.717, 1.165) is 18.6 Å². The Morgan fingerprint density at radius 2 is 1.44 bits per heavy atom. The van der Waals surface area contributed by atoms with E-state index in [1.165, 1.54) is 11.1 Å². The normalized spacial score (nSPS) is 14.6. The largest absolute Gasteiger partial charge is 0.496 e. The van der Waals surface area contributed by atoms with Gasteiger partial charge in [-0.05, 0) is 35.8 Å². The van der Waals surface area contributed by atoms with Crippen molar-refractivity contribution in [3.05, 3.63) is 29.3 Å². The number of methoxy groups -OCH3 is 1.